The number of hydrogen-bond acceptors (Lipinski definition) is 3. The molecule has 0 unspecified atom stereocenters. The Balaban J connectivity index is 0. The summed E-state index contributed by atoms with van der Waals surface area (Å²) in [6.07, 6.45) is 1.56. The van der Waals surface area contributed by atoms with Crippen molar-refractivity contribution in [2.24, 2.45) is 0 Å². The third-order valence-corrected chi connectivity index (χ3v) is 2.62. The normalized spacial score (nSPS) is 11.2. The van der Waals surface area contributed by atoms with Gasteiger partial charge in [0.05, 0.1) is 6.61 Å². The molecule has 0 aromatic rings. The van der Waals surface area contributed by atoms with Gasteiger partial charge in [0.25, 0.3) is 0 Å². The van der Waals surface area contributed by atoms with Crippen molar-refractivity contribution in [3.63, 3.8) is 0 Å². The van der Waals surface area contributed by atoms with Crippen molar-refractivity contribution in [1.29, 1.82) is 0 Å². The lowest BCUT2D eigenvalue weighted by atomic mass is 10.4. The van der Waals surface area contributed by atoms with Crippen LogP contribution >= 0.6 is 7.82 Å². The molecule has 0 spiro atoms. The molecule has 0 aliphatic carbocycles. The molecule has 0 aliphatic rings. The molecule has 100 valence electrons. The van der Waals surface area contributed by atoms with Crippen molar-refractivity contribution in [3.05, 3.63) is 0 Å². The zero-order valence-corrected chi connectivity index (χ0v) is 11.7. The maximum absolute atomic E-state index is 9.98. The van der Waals surface area contributed by atoms with E-state index in [1.807, 2.05) is 6.92 Å². The highest BCUT2D eigenvalue weighted by molar-refractivity contribution is 7.46. The van der Waals surface area contributed by atoms with E-state index in [0.717, 1.165) is 6.42 Å². The Labute approximate surface area is 99.0 Å². The summed E-state index contributed by atoms with van der Waals surface area (Å²) < 4.78 is 14.1. The zero-order valence-electron chi connectivity index (χ0n) is 10.8. The highest BCUT2D eigenvalue weighted by Crippen LogP contribution is 2.35. The first-order valence-electron chi connectivity index (χ1n) is 5.83. The van der Waals surface area contributed by atoms with E-state index in [9.17, 15) is 4.57 Å². The first-order chi connectivity index (χ1) is 7.41. The Hall–Kier alpha value is 0.0700. The van der Waals surface area contributed by atoms with Crippen LogP contribution in [0.15, 0.2) is 0 Å². The van der Waals surface area contributed by atoms with Gasteiger partial charge in [0.1, 0.15) is 0 Å². The largest absolute Gasteiger partial charge is 0.469 e. The minimum Gasteiger partial charge on any atom is -0.304 e. The van der Waals surface area contributed by atoms with Gasteiger partial charge in [0.2, 0.25) is 0 Å². The van der Waals surface area contributed by atoms with Gasteiger partial charge in [-0.3, -0.25) is 4.52 Å². The van der Waals surface area contributed by atoms with Crippen LogP contribution in [-0.4, -0.2) is 40.9 Å². The predicted octanol–water partition coefficient (Wildman–Crippen LogP) is 2.24. The van der Waals surface area contributed by atoms with E-state index in [1.54, 1.807) is 0 Å². The molecule has 0 heterocycles. The average molecular weight is 255 g/mol. The molecule has 0 amide bonds. The van der Waals surface area contributed by atoms with E-state index in [-0.39, 0.29) is 6.61 Å². The Morgan fingerprint density at radius 3 is 1.69 bits per heavy atom. The van der Waals surface area contributed by atoms with Crippen LogP contribution in [0.3, 0.4) is 0 Å². The summed E-state index contributed by atoms with van der Waals surface area (Å²) in [5.41, 5.74) is 0. The fourth-order valence-electron chi connectivity index (χ4n) is 0.999. The predicted molar refractivity (Wildman–Crippen MR) is 66.4 cm³/mol. The van der Waals surface area contributed by atoms with Gasteiger partial charge in [-0.05, 0) is 26.1 Å². The second-order valence-corrected chi connectivity index (χ2v) is 4.54. The Morgan fingerprint density at radius 1 is 1.06 bits per heavy atom. The number of unbranched alkanes of at least 4 members (excludes halogenated alkanes) is 1. The van der Waals surface area contributed by atoms with Gasteiger partial charge in [-0.15, -0.1) is 0 Å². The van der Waals surface area contributed by atoms with E-state index in [2.05, 4.69) is 30.2 Å². The van der Waals surface area contributed by atoms with Crippen molar-refractivity contribution >= 4 is 7.82 Å². The summed E-state index contributed by atoms with van der Waals surface area (Å²) in [6.45, 7) is 12.2. The zero-order chi connectivity index (χ0) is 13.0. The minimum atomic E-state index is -4.20. The molecule has 5 nitrogen and oxygen atoms in total. The highest BCUT2D eigenvalue weighted by Gasteiger charge is 2.11. The van der Waals surface area contributed by atoms with Crippen molar-refractivity contribution in [2.75, 3.05) is 26.2 Å². The molecule has 0 aromatic heterocycles. The van der Waals surface area contributed by atoms with E-state index in [1.165, 1.54) is 19.6 Å². The summed E-state index contributed by atoms with van der Waals surface area (Å²) in [5.74, 6) is 0. The number of rotatable bonds is 7. The van der Waals surface area contributed by atoms with Crippen molar-refractivity contribution in [2.45, 2.75) is 40.5 Å². The van der Waals surface area contributed by atoms with Gasteiger partial charge in [0.15, 0.2) is 0 Å². The molecule has 0 atom stereocenters. The van der Waals surface area contributed by atoms with Crippen LogP contribution in [0, 0.1) is 0 Å². The van der Waals surface area contributed by atoms with Gasteiger partial charge in [-0.25, -0.2) is 4.57 Å². The van der Waals surface area contributed by atoms with Crippen LogP contribution < -0.4 is 0 Å². The second-order valence-electron chi connectivity index (χ2n) is 3.30. The number of phosphoric ester groups is 1. The molecular formula is C10H26NO4P. The number of nitrogens with zero attached hydrogens (tertiary/aromatic N) is 1. The molecule has 0 fully saturated rings. The fourth-order valence-corrected chi connectivity index (χ4v) is 1.37. The van der Waals surface area contributed by atoms with Crippen LogP contribution in [0.5, 0.6) is 0 Å². The summed E-state index contributed by atoms with van der Waals surface area (Å²) in [5, 5.41) is 0. The smallest absolute Gasteiger partial charge is 0.304 e. The molecule has 2 N–H and O–H groups in total. The van der Waals surface area contributed by atoms with Crippen LogP contribution in [0.25, 0.3) is 0 Å². The number of phosphoric acid groups is 1. The first kappa shape index (κ1) is 18.4. The summed E-state index contributed by atoms with van der Waals surface area (Å²) in [6, 6.07) is 0. The SMILES string of the molecule is CCCCOP(=O)(O)O.CCN(CC)CC. The Kier molecular flexibility index (Phi) is 13.3. The molecular weight excluding hydrogens is 229 g/mol. The summed E-state index contributed by atoms with van der Waals surface area (Å²) in [4.78, 5) is 18.6. The molecule has 0 aliphatic heterocycles. The second kappa shape index (κ2) is 11.6. The third kappa shape index (κ3) is 16.5. The van der Waals surface area contributed by atoms with Gasteiger partial charge in [0, 0.05) is 0 Å². The first-order valence-corrected chi connectivity index (χ1v) is 7.36. The quantitative estimate of drug-likeness (QED) is 0.539. The van der Waals surface area contributed by atoms with Crippen LogP contribution in [0.4, 0.5) is 0 Å². The van der Waals surface area contributed by atoms with Crippen molar-refractivity contribution in [3.8, 4) is 0 Å². The molecule has 0 saturated heterocycles. The Morgan fingerprint density at radius 2 is 1.50 bits per heavy atom. The molecule has 0 rings (SSSR count). The minimum absolute atomic E-state index is 0.140. The lowest BCUT2D eigenvalue weighted by molar-refractivity contribution is 0.194. The van der Waals surface area contributed by atoms with Gasteiger partial charge >= 0.3 is 7.82 Å². The van der Waals surface area contributed by atoms with E-state index >= 15 is 0 Å². The molecule has 16 heavy (non-hydrogen) atoms. The topological polar surface area (TPSA) is 70.0 Å². The molecule has 6 heteroatoms. The molecule has 0 radical (unpaired) electrons. The lowest BCUT2D eigenvalue weighted by Gasteiger charge is -2.13. The van der Waals surface area contributed by atoms with E-state index in [4.69, 9.17) is 9.79 Å². The van der Waals surface area contributed by atoms with Crippen LogP contribution in [0.1, 0.15) is 40.5 Å². The van der Waals surface area contributed by atoms with Gasteiger partial charge in [-0.2, -0.15) is 0 Å². The molecule has 0 aromatic carbocycles. The van der Waals surface area contributed by atoms with Crippen molar-refractivity contribution in [1.82, 2.24) is 4.90 Å². The maximum atomic E-state index is 9.98. The monoisotopic (exact) mass is 255 g/mol. The van der Waals surface area contributed by atoms with Crippen LogP contribution in [0.2, 0.25) is 0 Å². The Bertz CT molecular complexity index is 174. The number of hydrogen-bond donors (Lipinski definition) is 2. The van der Waals surface area contributed by atoms with Crippen LogP contribution in [-0.2, 0) is 9.09 Å². The average Bonchev–Trinajstić information content (AvgIpc) is 2.20. The molecule has 0 bridgehead atoms. The van der Waals surface area contributed by atoms with Crippen molar-refractivity contribution < 1.29 is 18.9 Å². The highest BCUT2D eigenvalue weighted by atomic mass is 31.2. The maximum Gasteiger partial charge on any atom is 0.469 e. The summed E-state index contributed by atoms with van der Waals surface area (Å²) >= 11 is 0. The van der Waals surface area contributed by atoms with Gasteiger partial charge in [-0.1, -0.05) is 34.1 Å². The summed E-state index contributed by atoms with van der Waals surface area (Å²) in [7, 11) is -4.20. The van der Waals surface area contributed by atoms with Gasteiger partial charge < -0.3 is 14.7 Å². The standard InChI is InChI=1S/C6H15N.C4H11O4P/c1-4-7(5-2)6-3;1-2-3-4-8-9(5,6)7/h4-6H2,1-3H3;2-4H2,1H3,(H2,5,6,7). The molecule has 0 saturated carbocycles. The fraction of sp³-hybridized carbons (Fsp3) is 1.00. The lowest BCUT2D eigenvalue weighted by Crippen LogP contribution is -2.21. The van der Waals surface area contributed by atoms with E-state index < -0.39 is 7.82 Å². The third-order valence-electron chi connectivity index (χ3n) is 2.10. The van der Waals surface area contributed by atoms with E-state index in [0.29, 0.717) is 6.42 Å².